The van der Waals surface area contributed by atoms with Gasteiger partial charge in [0.25, 0.3) is 6.47 Å². The molecule has 4 atom stereocenters. The number of aliphatic hydroxyl groups excluding tert-OH is 1. The van der Waals surface area contributed by atoms with Gasteiger partial charge in [-0.25, -0.2) is 0 Å². The molecule has 0 aromatic heterocycles. The zero-order valence-electron chi connectivity index (χ0n) is 16.9. The normalized spacial score (nSPS) is 29.1. The van der Waals surface area contributed by atoms with Crippen molar-refractivity contribution in [2.75, 3.05) is 32.8 Å². The van der Waals surface area contributed by atoms with Gasteiger partial charge >= 0.3 is 0 Å². The van der Waals surface area contributed by atoms with Crippen molar-refractivity contribution in [2.24, 2.45) is 11.8 Å². The Morgan fingerprint density at radius 2 is 1.90 bits per heavy atom. The van der Waals surface area contributed by atoms with Crippen LogP contribution in [0.4, 0.5) is 0 Å². The average molecular weight is 404 g/mol. The highest BCUT2D eigenvalue weighted by molar-refractivity contribution is 5.78. The van der Waals surface area contributed by atoms with E-state index < -0.39 is 0 Å². The number of carbonyl (C=O) groups excluding carboxylic acids is 1. The Morgan fingerprint density at radius 3 is 2.62 bits per heavy atom. The number of nitrogens with zero attached hydrogens (tertiary/aromatic N) is 2. The third-order valence-corrected chi connectivity index (χ3v) is 6.58. The van der Waals surface area contributed by atoms with Crippen LogP contribution >= 0.6 is 0 Å². The molecular weight excluding hydrogens is 370 g/mol. The van der Waals surface area contributed by atoms with Crippen molar-refractivity contribution in [3.63, 3.8) is 0 Å². The lowest BCUT2D eigenvalue weighted by atomic mass is 9.72. The van der Waals surface area contributed by atoms with Gasteiger partial charge in [0, 0.05) is 31.7 Å². The quantitative estimate of drug-likeness (QED) is 0.639. The molecule has 0 aliphatic carbocycles. The number of amides is 1. The minimum Gasteiger partial charge on any atom is -0.483 e. The lowest BCUT2D eigenvalue weighted by Crippen LogP contribution is -2.64. The Kier molecular flexibility index (Phi) is 8.03. The Hall–Kier alpha value is -1.96. The molecule has 3 aliphatic rings. The molecule has 1 aromatic rings. The predicted molar refractivity (Wildman–Crippen MR) is 110 cm³/mol. The summed E-state index contributed by atoms with van der Waals surface area (Å²) in [5.74, 6) is 1.25. The van der Waals surface area contributed by atoms with Gasteiger partial charge in [0.05, 0.1) is 13.2 Å². The zero-order chi connectivity index (χ0) is 20.6. The van der Waals surface area contributed by atoms with Crippen molar-refractivity contribution in [3.8, 4) is 0 Å². The Labute approximate surface area is 172 Å². The van der Waals surface area contributed by atoms with Gasteiger partial charge in [-0.15, -0.1) is 0 Å². The van der Waals surface area contributed by atoms with E-state index in [2.05, 4.69) is 15.1 Å². The number of carbonyl (C=O) groups is 2. The van der Waals surface area contributed by atoms with Crippen molar-refractivity contribution in [1.29, 1.82) is 0 Å². The number of hydrogen-bond donors (Lipinski definition) is 3. The first-order valence-corrected chi connectivity index (χ1v) is 10.6. The van der Waals surface area contributed by atoms with Crippen LogP contribution in [0.3, 0.4) is 0 Å². The van der Waals surface area contributed by atoms with Crippen molar-refractivity contribution in [1.82, 2.24) is 15.1 Å². The first kappa shape index (κ1) is 21.7. The van der Waals surface area contributed by atoms with E-state index in [1.165, 1.54) is 25.7 Å². The van der Waals surface area contributed by atoms with E-state index in [1.54, 1.807) is 0 Å². The molecule has 1 aromatic carbocycles. The highest BCUT2D eigenvalue weighted by Crippen LogP contribution is 2.40. The van der Waals surface area contributed by atoms with Crippen LogP contribution in [0, 0.1) is 11.8 Å². The number of aliphatic hydroxyl groups is 1. The molecule has 3 aliphatic heterocycles. The second-order valence-corrected chi connectivity index (χ2v) is 8.37. The number of nitrogens with one attached hydrogen (secondary N) is 1. The molecule has 3 saturated heterocycles. The summed E-state index contributed by atoms with van der Waals surface area (Å²) in [5, 5.41) is 19.9. The van der Waals surface area contributed by atoms with Crippen molar-refractivity contribution < 1.29 is 19.8 Å². The van der Waals surface area contributed by atoms with Crippen molar-refractivity contribution in [2.45, 2.75) is 44.3 Å². The predicted octanol–water partition coefficient (Wildman–Crippen LogP) is 1.17. The largest absolute Gasteiger partial charge is 0.483 e. The van der Waals surface area contributed by atoms with Crippen molar-refractivity contribution >= 4 is 12.4 Å². The van der Waals surface area contributed by atoms with Gasteiger partial charge in [0.1, 0.15) is 0 Å². The van der Waals surface area contributed by atoms with Crippen LogP contribution in [0.15, 0.2) is 30.3 Å². The van der Waals surface area contributed by atoms with Crippen LogP contribution in [0.5, 0.6) is 0 Å². The maximum Gasteiger partial charge on any atom is 0.290 e. The van der Waals surface area contributed by atoms with Gasteiger partial charge in [0.2, 0.25) is 5.91 Å². The first-order chi connectivity index (χ1) is 14.2. The molecule has 29 heavy (non-hydrogen) atoms. The smallest absolute Gasteiger partial charge is 0.290 e. The minimum atomic E-state index is -0.250. The molecule has 0 spiro atoms. The monoisotopic (exact) mass is 403 g/mol. The molecule has 0 saturated carbocycles. The van der Waals surface area contributed by atoms with Gasteiger partial charge < -0.3 is 15.5 Å². The number of benzene rings is 1. The standard InChI is InChI=1S/C21H31N3O2.CH2O2/c25-15-20-18-10-17(19-8-4-5-9-24(19)20)12-23(13-18)14-21(26)22-11-16-6-2-1-3-7-16;2-1-3/h1-3,6-7,17-20,25H,4-5,8-15H2,(H,22,26);1H,(H,2,3)/t17-,18+,19+,20+;/m1./s1. The average Bonchev–Trinajstić information content (AvgIpc) is 2.74. The van der Waals surface area contributed by atoms with E-state index in [0.29, 0.717) is 31.0 Å². The Balaban J connectivity index is 0.000000755. The summed E-state index contributed by atoms with van der Waals surface area (Å²) < 4.78 is 0. The maximum absolute atomic E-state index is 12.4. The number of piperidine rings is 3. The van der Waals surface area contributed by atoms with E-state index in [4.69, 9.17) is 9.90 Å². The molecule has 7 heteroatoms. The van der Waals surface area contributed by atoms with E-state index in [-0.39, 0.29) is 25.0 Å². The highest BCUT2D eigenvalue weighted by atomic mass is 16.3. The Morgan fingerprint density at radius 1 is 1.17 bits per heavy atom. The summed E-state index contributed by atoms with van der Waals surface area (Å²) in [5.41, 5.74) is 1.13. The second-order valence-electron chi connectivity index (χ2n) is 8.37. The fourth-order valence-corrected chi connectivity index (χ4v) is 5.44. The fraction of sp³-hybridized carbons (Fsp3) is 0.636. The molecule has 0 unspecified atom stereocenters. The molecule has 7 nitrogen and oxygen atoms in total. The number of rotatable bonds is 5. The fourth-order valence-electron chi connectivity index (χ4n) is 5.44. The minimum absolute atomic E-state index is 0.106. The first-order valence-electron chi connectivity index (χ1n) is 10.6. The summed E-state index contributed by atoms with van der Waals surface area (Å²) >= 11 is 0. The number of carboxylic acid groups (broad SMARTS) is 1. The van der Waals surface area contributed by atoms with E-state index >= 15 is 0 Å². The van der Waals surface area contributed by atoms with Gasteiger partial charge in [0.15, 0.2) is 0 Å². The molecule has 3 N–H and O–H groups in total. The van der Waals surface area contributed by atoms with Crippen LogP contribution < -0.4 is 5.32 Å². The topological polar surface area (TPSA) is 93.1 Å². The summed E-state index contributed by atoms with van der Waals surface area (Å²) in [6.45, 7) is 4.17. The lowest BCUT2D eigenvalue weighted by Gasteiger charge is -2.56. The number of fused-ring (bicyclic) bond motifs is 4. The second kappa shape index (κ2) is 10.7. The van der Waals surface area contributed by atoms with E-state index in [1.807, 2.05) is 30.3 Å². The lowest BCUT2D eigenvalue weighted by molar-refractivity contribution is -0.126. The van der Waals surface area contributed by atoms with Crippen LogP contribution in [-0.2, 0) is 16.1 Å². The van der Waals surface area contributed by atoms with Gasteiger partial charge in [-0.1, -0.05) is 36.8 Å². The molecule has 0 radical (unpaired) electrons. The van der Waals surface area contributed by atoms with Gasteiger partial charge in [-0.2, -0.15) is 0 Å². The summed E-state index contributed by atoms with van der Waals surface area (Å²) in [4.78, 5) is 25.7. The third-order valence-electron chi connectivity index (χ3n) is 6.58. The van der Waals surface area contributed by atoms with Gasteiger partial charge in [-0.3, -0.25) is 19.4 Å². The van der Waals surface area contributed by atoms with E-state index in [0.717, 1.165) is 25.2 Å². The zero-order valence-corrected chi connectivity index (χ0v) is 16.9. The molecule has 160 valence electrons. The maximum atomic E-state index is 12.4. The van der Waals surface area contributed by atoms with Crippen molar-refractivity contribution in [3.05, 3.63) is 35.9 Å². The van der Waals surface area contributed by atoms with E-state index in [9.17, 15) is 9.90 Å². The van der Waals surface area contributed by atoms with Crippen LogP contribution in [0.25, 0.3) is 0 Å². The summed E-state index contributed by atoms with van der Waals surface area (Å²) in [7, 11) is 0. The number of likely N-dealkylation sites (tertiary alicyclic amines) is 1. The van der Waals surface area contributed by atoms with Crippen LogP contribution in [-0.4, -0.2) is 77.3 Å². The Bertz CT molecular complexity index is 643. The van der Waals surface area contributed by atoms with Crippen LogP contribution in [0.1, 0.15) is 31.2 Å². The molecule has 1 amide bonds. The number of hydrogen-bond acceptors (Lipinski definition) is 5. The van der Waals surface area contributed by atoms with Gasteiger partial charge in [-0.05, 0) is 43.2 Å². The molecule has 3 heterocycles. The third kappa shape index (κ3) is 5.56. The highest BCUT2D eigenvalue weighted by Gasteiger charge is 2.46. The molecule has 4 rings (SSSR count). The van der Waals surface area contributed by atoms with Crippen LogP contribution in [0.2, 0.25) is 0 Å². The molecule has 2 bridgehead atoms. The molecule has 3 fully saturated rings. The summed E-state index contributed by atoms with van der Waals surface area (Å²) in [6.07, 6.45) is 5.03. The SMILES string of the molecule is O=C(CN1C[C@H]2C[C@@H](C1)[C@H](CO)N1CCCC[C@@H]21)NCc1ccccc1.O=CO. The molecular formula is C22H33N3O4. The summed E-state index contributed by atoms with van der Waals surface area (Å²) in [6, 6.07) is 10.9.